The highest BCUT2D eigenvalue weighted by Crippen LogP contribution is 2.19. The minimum Gasteiger partial charge on any atom is -0.393 e. The molecule has 0 aromatic rings. The van der Waals surface area contributed by atoms with Gasteiger partial charge in [0.15, 0.2) is 0 Å². The predicted molar refractivity (Wildman–Crippen MR) is 41.9 cm³/mol. The van der Waals surface area contributed by atoms with Gasteiger partial charge in [0.25, 0.3) is 0 Å². The zero-order chi connectivity index (χ0) is 8.32. The SMILES string of the molecule is C#CCN1CCC(O)(CO)C1. The molecule has 3 nitrogen and oxygen atoms in total. The summed E-state index contributed by atoms with van der Waals surface area (Å²) in [4.78, 5) is 1.95. The molecular formula is C8H13NO2. The zero-order valence-electron chi connectivity index (χ0n) is 6.45. The van der Waals surface area contributed by atoms with E-state index in [9.17, 15) is 5.11 Å². The lowest BCUT2D eigenvalue weighted by Crippen LogP contribution is -2.36. The molecule has 2 N–H and O–H groups in total. The van der Waals surface area contributed by atoms with Crippen LogP contribution in [0, 0.1) is 12.3 Å². The van der Waals surface area contributed by atoms with Crippen molar-refractivity contribution in [2.24, 2.45) is 0 Å². The van der Waals surface area contributed by atoms with Crippen molar-refractivity contribution in [3.05, 3.63) is 0 Å². The van der Waals surface area contributed by atoms with E-state index in [1.807, 2.05) is 4.90 Å². The first-order chi connectivity index (χ1) is 5.20. The second-order valence-corrected chi connectivity index (χ2v) is 3.05. The molecule has 1 unspecified atom stereocenters. The summed E-state index contributed by atoms with van der Waals surface area (Å²) in [5.41, 5.74) is -0.906. The van der Waals surface area contributed by atoms with Crippen molar-refractivity contribution < 1.29 is 10.2 Å². The van der Waals surface area contributed by atoms with E-state index in [-0.39, 0.29) is 6.61 Å². The summed E-state index contributed by atoms with van der Waals surface area (Å²) in [5.74, 6) is 2.50. The molecule has 62 valence electrons. The number of hydrogen-bond acceptors (Lipinski definition) is 3. The smallest absolute Gasteiger partial charge is 0.102 e. The van der Waals surface area contributed by atoms with Crippen LogP contribution in [-0.4, -0.2) is 47.0 Å². The second-order valence-electron chi connectivity index (χ2n) is 3.05. The van der Waals surface area contributed by atoms with Crippen LogP contribution in [-0.2, 0) is 0 Å². The number of nitrogens with zero attached hydrogens (tertiary/aromatic N) is 1. The van der Waals surface area contributed by atoms with Crippen LogP contribution in [0.3, 0.4) is 0 Å². The van der Waals surface area contributed by atoms with Crippen molar-refractivity contribution >= 4 is 0 Å². The molecule has 0 aromatic carbocycles. The molecule has 1 fully saturated rings. The highest BCUT2D eigenvalue weighted by molar-refractivity contribution is 4.95. The lowest BCUT2D eigenvalue weighted by Gasteiger charge is -2.19. The fourth-order valence-corrected chi connectivity index (χ4v) is 1.33. The van der Waals surface area contributed by atoms with Gasteiger partial charge in [0.05, 0.1) is 13.2 Å². The Balaban J connectivity index is 2.41. The van der Waals surface area contributed by atoms with E-state index in [1.54, 1.807) is 0 Å². The summed E-state index contributed by atoms with van der Waals surface area (Å²) in [6.07, 6.45) is 5.72. The lowest BCUT2D eigenvalue weighted by atomic mass is 10.1. The molecule has 0 saturated carbocycles. The van der Waals surface area contributed by atoms with E-state index >= 15 is 0 Å². The number of aliphatic hydroxyl groups excluding tert-OH is 1. The molecule has 0 aromatic heterocycles. The summed E-state index contributed by atoms with van der Waals surface area (Å²) in [6, 6.07) is 0. The maximum atomic E-state index is 9.54. The molecule has 0 spiro atoms. The molecular weight excluding hydrogens is 142 g/mol. The third-order valence-corrected chi connectivity index (χ3v) is 2.02. The molecule has 1 saturated heterocycles. The first-order valence-electron chi connectivity index (χ1n) is 3.69. The van der Waals surface area contributed by atoms with Crippen molar-refractivity contribution in [3.8, 4) is 12.3 Å². The molecule has 11 heavy (non-hydrogen) atoms. The first kappa shape index (κ1) is 8.54. The molecule has 0 aliphatic carbocycles. The van der Waals surface area contributed by atoms with Gasteiger partial charge >= 0.3 is 0 Å². The highest BCUT2D eigenvalue weighted by atomic mass is 16.3. The van der Waals surface area contributed by atoms with Crippen LogP contribution in [0.1, 0.15) is 6.42 Å². The Morgan fingerprint density at radius 3 is 2.82 bits per heavy atom. The van der Waals surface area contributed by atoms with Gasteiger partial charge in [-0.05, 0) is 6.42 Å². The van der Waals surface area contributed by atoms with Crippen LogP contribution in [0.4, 0.5) is 0 Å². The minimum atomic E-state index is -0.906. The van der Waals surface area contributed by atoms with Gasteiger partial charge in [0.1, 0.15) is 5.60 Å². The summed E-state index contributed by atoms with van der Waals surface area (Å²) < 4.78 is 0. The van der Waals surface area contributed by atoms with Crippen LogP contribution >= 0.6 is 0 Å². The first-order valence-corrected chi connectivity index (χ1v) is 3.69. The van der Waals surface area contributed by atoms with Gasteiger partial charge in [0, 0.05) is 13.1 Å². The van der Waals surface area contributed by atoms with Gasteiger partial charge in [-0.2, -0.15) is 0 Å². The Morgan fingerprint density at radius 1 is 1.64 bits per heavy atom. The Morgan fingerprint density at radius 2 is 2.36 bits per heavy atom. The number of likely N-dealkylation sites (tertiary alicyclic amines) is 1. The van der Waals surface area contributed by atoms with E-state index < -0.39 is 5.60 Å². The monoisotopic (exact) mass is 155 g/mol. The van der Waals surface area contributed by atoms with Gasteiger partial charge in [-0.15, -0.1) is 6.42 Å². The van der Waals surface area contributed by atoms with Gasteiger partial charge in [-0.25, -0.2) is 0 Å². The second kappa shape index (κ2) is 3.22. The molecule has 0 radical (unpaired) electrons. The molecule has 1 aliphatic rings. The van der Waals surface area contributed by atoms with Crippen molar-refractivity contribution in [1.82, 2.24) is 4.90 Å². The van der Waals surface area contributed by atoms with Gasteiger partial charge in [-0.1, -0.05) is 5.92 Å². The van der Waals surface area contributed by atoms with Crippen molar-refractivity contribution in [3.63, 3.8) is 0 Å². The lowest BCUT2D eigenvalue weighted by molar-refractivity contribution is -0.00437. The Bertz CT molecular complexity index is 175. The van der Waals surface area contributed by atoms with E-state index in [4.69, 9.17) is 11.5 Å². The van der Waals surface area contributed by atoms with Crippen LogP contribution < -0.4 is 0 Å². The van der Waals surface area contributed by atoms with Crippen LogP contribution in [0.15, 0.2) is 0 Å². The molecule has 1 rings (SSSR count). The average Bonchev–Trinajstić information content (AvgIpc) is 2.35. The topological polar surface area (TPSA) is 43.7 Å². The maximum absolute atomic E-state index is 9.54. The number of rotatable bonds is 2. The van der Waals surface area contributed by atoms with E-state index in [0.29, 0.717) is 19.5 Å². The van der Waals surface area contributed by atoms with Crippen LogP contribution in [0.2, 0.25) is 0 Å². The van der Waals surface area contributed by atoms with E-state index in [1.165, 1.54) is 0 Å². The molecule has 1 aliphatic heterocycles. The molecule has 0 amide bonds. The normalized spacial score (nSPS) is 32.1. The number of β-amino-alcohol motifs (C(OH)–C–C–N with tert-alkyl or cyclic N) is 1. The Kier molecular flexibility index (Phi) is 2.50. The van der Waals surface area contributed by atoms with Gasteiger partial charge in [-0.3, -0.25) is 4.90 Å². The number of aliphatic hydroxyl groups is 2. The van der Waals surface area contributed by atoms with Crippen LogP contribution in [0.5, 0.6) is 0 Å². The fourth-order valence-electron chi connectivity index (χ4n) is 1.33. The fraction of sp³-hybridized carbons (Fsp3) is 0.750. The number of terminal acetylenes is 1. The van der Waals surface area contributed by atoms with Crippen molar-refractivity contribution in [2.45, 2.75) is 12.0 Å². The number of hydrogen-bond donors (Lipinski definition) is 2. The van der Waals surface area contributed by atoms with Gasteiger partial charge < -0.3 is 10.2 Å². The molecule has 0 bridgehead atoms. The van der Waals surface area contributed by atoms with Gasteiger partial charge in [0.2, 0.25) is 0 Å². The third-order valence-electron chi connectivity index (χ3n) is 2.02. The summed E-state index contributed by atoms with van der Waals surface area (Å²) in [6.45, 7) is 1.66. The van der Waals surface area contributed by atoms with Crippen molar-refractivity contribution in [2.75, 3.05) is 26.2 Å². The Hall–Kier alpha value is -0.560. The molecule has 3 heteroatoms. The summed E-state index contributed by atoms with van der Waals surface area (Å²) in [7, 11) is 0. The van der Waals surface area contributed by atoms with E-state index in [2.05, 4.69) is 5.92 Å². The molecule has 1 heterocycles. The summed E-state index contributed by atoms with van der Waals surface area (Å²) in [5, 5.41) is 18.3. The maximum Gasteiger partial charge on any atom is 0.102 e. The minimum absolute atomic E-state index is 0.173. The van der Waals surface area contributed by atoms with Crippen molar-refractivity contribution in [1.29, 1.82) is 0 Å². The standard InChI is InChI=1S/C8H13NO2/c1-2-4-9-5-3-8(11,6-9)7-10/h1,10-11H,3-7H2. The quantitative estimate of drug-likeness (QED) is 0.505. The average molecular weight is 155 g/mol. The molecule has 1 atom stereocenters. The summed E-state index contributed by atoms with van der Waals surface area (Å²) >= 11 is 0. The zero-order valence-corrected chi connectivity index (χ0v) is 6.45. The predicted octanol–water partition coefficient (Wildman–Crippen LogP) is -0.951. The van der Waals surface area contributed by atoms with Crippen LogP contribution in [0.25, 0.3) is 0 Å². The third kappa shape index (κ3) is 1.93. The largest absolute Gasteiger partial charge is 0.393 e. The van der Waals surface area contributed by atoms with E-state index in [0.717, 1.165) is 6.54 Å². The Labute approximate surface area is 66.6 Å². The highest BCUT2D eigenvalue weighted by Gasteiger charge is 2.34.